The summed E-state index contributed by atoms with van der Waals surface area (Å²) >= 11 is 0. The second-order valence-electron chi connectivity index (χ2n) is 1.64. The molecule has 0 fully saturated rings. The Morgan fingerprint density at radius 1 is 1.56 bits per heavy atom. The molecular weight excluding hydrogens is 115 g/mol. The van der Waals surface area contributed by atoms with Crippen LogP contribution in [0.25, 0.3) is 0 Å². The maximum absolute atomic E-state index is 11.1. The van der Waals surface area contributed by atoms with Gasteiger partial charge in [0.25, 0.3) is 0 Å². The van der Waals surface area contributed by atoms with Gasteiger partial charge in [-0.2, -0.15) is 0 Å². The van der Waals surface area contributed by atoms with Gasteiger partial charge in [-0.15, -0.1) is 4.39 Å². The summed E-state index contributed by atoms with van der Waals surface area (Å²) < 4.78 is 11.1. The fourth-order valence-electron chi connectivity index (χ4n) is 0.436. The predicted octanol–water partition coefficient (Wildman–Crippen LogP) is 2.48. The summed E-state index contributed by atoms with van der Waals surface area (Å²) in [6.45, 7) is 3.66. The van der Waals surface area contributed by atoms with E-state index in [9.17, 15) is 4.39 Å². The van der Waals surface area contributed by atoms with Crippen LogP contribution in [-0.4, -0.2) is 0 Å². The van der Waals surface area contributed by atoms with E-state index in [2.05, 4.69) is 12.8 Å². The Labute approximate surface area is 55.8 Å². The van der Waals surface area contributed by atoms with E-state index < -0.39 is 0 Å². The Balaban J connectivity index is 3.11. The third-order valence-electron chi connectivity index (χ3n) is 0.877. The van der Waals surface area contributed by atoms with Gasteiger partial charge < -0.3 is 0 Å². The molecule has 0 nitrogen and oxygen atoms in total. The van der Waals surface area contributed by atoms with Gasteiger partial charge in [0.05, 0.1) is 0 Å². The van der Waals surface area contributed by atoms with E-state index in [0.29, 0.717) is 0 Å². The molecule has 0 N–H and O–H groups in total. The van der Waals surface area contributed by atoms with Crippen molar-refractivity contribution in [2.45, 2.75) is 19.3 Å². The van der Waals surface area contributed by atoms with E-state index in [1.807, 2.05) is 6.08 Å². The van der Waals surface area contributed by atoms with E-state index in [4.69, 9.17) is 0 Å². The minimum Gasteiger partial charge on any atom is -0.144 e. The Morgan fingerprint density at radius 3 is 2.89 bits per heavy atom. The molecule has 9 heavy (non-hydrogen) atoms. The standard InChI is InChI=1S/C8H10F/c1-2-3-4-5-6-7-8-9/h5-6H,1-4H2. The lowest BCUT2D eigenvalue weighted by molar-refractivity contribution is 0.774. The van der Waals surface area contributed by atoms with Crippen molar-refractivity contribution in [2.75, 3.05) is 0 Å². The molecular formula is C8H10F. The Bertz CT molecular complexity index is 125. The molecule has 1 heteroatoms. The van der Waals surface area contributed by atoms with Gasteiger partial charge in [0.2, 0.25) is 0 Å². The van der Waals surface area contributed by atoms with Crippen molar-refractivity contribution in [3.63, 3.8) is 0 Å². The lowest BCUT2D eigenvalue weighted by Gasteiger charge is -1.83. The summed E-state index contributed by atoms with van der Waals surface area (Å²) in [6, 6.07) is 0. The zero-order valence-electron chi connectivity index (χ0n) is 5.36. The monoisotopic (exact) mass is 125 g/mol. The second-order valence-corrected chi connectivity index (χ2v) is 1.64. The molecule has 0 aromatic carbocycles. The van der Waals surface area contributed by atoms with Gasteiger partial charge >= 0.3 is 0 Å². The van der Waals surface area contributed by atoms with Crippen molar-refractivity contribution >= 4 is 0 Å². The molecule has 0 saturated carbocycles. The molecule has 0 aliphatic carbocycles. The first-order valence-electron chi connectivity index (χ1n) is 2.97. The lowest BCUT2D eigenvalue weighted by Crippen LogP contribution is -1.64. The number of rotatable bonds is 3. The molecule has 0 aromatic heterocycles. The average Bonchev–Trinajstić information content (AvgIpc) is 1.89. The average molecular weight is 125 g/mol. The molecule has 0 spiro atoms. The maximum atomic E-state index is 11.1. The minimum atomic E-state index is 0.924. The molecule has 0 amide bonds. The summed E-state index contributed by atoms with van der Waals surface area (Å²) in [5.41, 5.74) is 0. The number of halogens is 1. The maximum Gasteiger partial charge on any atom is 0.110 e. The van der Waals surface area contributed by atoms with E-state index in [-0.39, 0.29) is 0 Å². The van der Waals surface area contributed by atoms with Crippen LogP contribution in [0.1, 0.15) is 19.3 Å². The highest BCUT2D eigenvalue weighted by Gasteiger charge is 1.74. The van der Waals surface area contributed by atoms with Crippen LogP contribution in [0.2, 0.25) is 0 Å². The lowest BCUT2D eigenvalue weighted by atomic mass is 10.2. The Hall–Kier alpha value is -0.770. The number of allylic oxidation sites excluding steroid dienone is 2. The van der Waals surface area contributed by atoms with E-state index >= 15 is 0 Å². The third-order valence-corrected chi connectivity index (χ3v) is 0.877. The summed E-state index contributed by atoms with van der Waals surface area (Å²) in [5.74, 6) is 2.19. The van der Waals surface area contributed by atoms with Crippen LogP contribution < -0.4 is 0 Å². The summed E-state index contributed by atoms with van der Waals surface area (Å²) in [7, 11) is 0. The molecule has 0 aromatic rings. The molecule has 0 aliphatic heterocycles. The fraction of sp³-hybridized carbons (Fsp3) is 0.375. The van der Waals surface area contributed by atoms with E-state index in [0.717, 1.165) is 19.3 Å². The highest BCUT2D eigenvalue weighted by Crippen LogP contribution is 1.93. The Kier molecular flexibility index (Phi) is 6.61. The first-order chi connectivity index (χ1) is 4.41. The van der Waals surface area contributed by atoms with Crippen LogP contribution in [0.4, 0.5) is 4.39 Å². The molecule has 0 bridgehead atoms. The van der Waals surface area contributed by atoms with Gasteiger partial charge in [0, 0.05) is 0 Å². The van der Waals surface area contributed by atoms with Crippen LogP contribution in [0, 0.1) is 19.0 Å². The summed E-state index contributed by atoms with van der Waals surface area (Å²) in [6.07, 6.45) is 7.57. The van der Waals surface area contributed by atoms with Gasteiger partial charge in [-0.1, -0.05) is 19.4 Å². The summed E-state index contributed by atoms with van der Waals surface area (Å²) in [4.78, 5) is 0. The van der Waals surface area contributed by atoms with Gasteiger partial charge in [-0.25, -0.2) is 0 Å². The van der Waals surface area contributed by atoms with Crippen molar-refractivity contribution in [1.82, 2.24) is 0 Å². The number of hydrogen-bond donors (Lipinski definition) is 0. The molecule has 0 saturated heterocycles. The highest BCUT2D eigenvalue weighted by atomic mass is 19.1. The molecule has 0 aliphatic rings. The van der Waals surface area contributed by atoms with Gasteiger partial charge in [-0.3, -0.25) is 0 Å². The van der Waals surface area contributed by atoms with Crippen LogP contribution in [-0.2, 0) is 0 Å². The second kappa shape index (κ2) is 7.23. The SMILES string of the molecule is [CH2]CCCC=CC#CF. The van der Waals surface area contributed by atoms with Crippen LogP contribution in [0.15, 0.2) is 12.2 Å². The number of hydrogen-bond acceptors (Lipinski definition) is 0. The third kappa shape index (κ3) is 7.23. The quantitative estimate of drug-likeness (QED) is 0.401. The molecule has 0 heterocycles. The molecule has 0 atom stereocenters. The van der Waals surface area contributed by atoms with Gasteiger partial charge in [0.1, 0.15) is 6.17 Å². The Morgan fingerprint density at radius 2 is 2.33 bits per heavy atom. The zero-order chi connectivity index (χ0) is 6.95. The normalized spacial score (nSPS) is 9.11. The van der Waals surface area contributed by atoms with E-state index in [1.54, 1.807) is 0 Å². The number of unbranched alkanes of at least 4 members (excludes halogenated alkanes) is 2. The highest BCUT2D eigenvalue weighted by molar-refractivity contribution is 5.11. The molecule has 49 valence electrons. The van der Waals surface area contributed by atoms with Gasteiger partial charge in [0.15, 0.2) is 0 Å². The van der Waals surface area contributed by atoms with Crippen molar-refractivity contribution in [2.24, 2.45) is 0 Å². The van der Waals surface area contributed by atoms with E-state index in [1.165, 1.54) is 12.3 Å². The fourth-order valence-corrected chi connectivity index (χ4v) is 0.436. The van der Waals surface area contributed by atoms with Crippen molar-refractivity contribution < 1.29 is 4.39 Å². The largest absolute Gasteiger partial charge is 0.144 e. The van der Waals surface area contributed by atoms with Crippen molar-refractivity contribution in [3.8, 4) is 12.1 Å². The van der Waals surface area contributed by atoms with Crippen LogP contribution in [0.5, 0.6) is 0 Å². The summed E-state index contributed by atoms with van der Waals surface area (Å²) in [5, 5.41) is 0. The van der Waals surface area contributed by atoms with Gasteiger partial charge in [-0.05, 0) is 24.8 Å². The molecule has 1 radical (unpaired) electrons. The van der Waals surface area contributed by atoms with Crippen LogP contribution >= 0.6 is 0 Å². The van der Waals surface area contributed by atoms with Crippen molar-refractivity contribution in [3.05, 3.63) is 19.1 Å². The molecule has 0 rings (SSSR count). The van der Waals surface area contributed by atoms with Crippen molar-refractivity contribution in [1.29, 1.82) is 0 Å². The first kappa shape index (κ1) is 8.23. The van der Waals surface area contributed by atoms with Crippen LogP contribution in [0.3, 0.4) is 0 Å². The first-order valence-corrected chi connectivity index (χ1v) is 2.97. The zero-order valence-corrected chi connectivity index (χ0v) is 5.36. The smallest absolute Gasteiger partial charge is 0.110 e. The topological polar surface area (TPSA) is 0 Å². The molecule has 0 unspecified atom stereocenters. The predicted molar refractivity (Wildman–Crippen MR) is 37.2 cm³/mol. The minimum absolute atomic E-state index is 0.924.